The number of hydrogen-bond acceptors (Lipinski definition) is 3. The van der Waals surface area contributed by atoms with Crippen LogP contribution in [0.2, 0.25) is 5.02 Å². The van der Waals surface area contributed by atoms with Crippen molar-refractivity contribution in [3.05, 3.63) is 28.8 Å². The number of anilines is 1. The average Bonchev–Trinajstić information content (AvgIpc) is 2.47. The Labute approximate surface area is 123 Å². The van der Waals surface area contributed by atoms with Crippen LogP contribution in [0.3, 0.4) is 0 Å². The van der Waals surface area contributed by atoms with E-state index in [-0.39, 0.29) is 12.5 Å². The fourth-order valence-electron chi connectivity index (χ4n) is 2.02. The van der Waals surface area contributed by atoms with Gasteiger partial charge in [0.25, 0.3) is 5.91 Å². The third kappa shape index (κ3) is 3.97. The van der Waals surface area contributed by atoms with E-state index in [1.54, 1.807) is 18.2 Å². The van der Waals surface area contributed by atoms with Crippen molar-refractivity contribution in [1.29, 1.82) is 0 Å². The fourth-order valence-corrected chi connectivity index (χ4v) is 2.20. The Morgan fingerprint density at radius 1 is 1.50 bits per heavy atom. The van der Waals surface area contributed by atoms with Crippen LogP contribution in [-0.4, -0.2) is 30.3 Å². The van der Waals surface area contributed by atoms with Crippen LogP contribution in [0.15, 0.2) is 18.2 Å². The van der Waals surface area contributed by atoms with Crippen LogP contribution >= 0.6 is 11.6 Å². The molecule has 0 spiro atoms. The summed E-state index contributed by atoms with van der Waals surface area (Å²) in [7, 11) is 0. The monoisotopic (exact) mass is 293 g/mol. The summed E-state index contributed by atoms with van der Waals surface area (Å²) in [5.41, 5.74) is 1.16. The van der Waals surface area contributed by atoms with Crippen molar-refractivity contribution in [2.24, 2.45) is 0 Å². The summed E-state index contributed by atoms with van der Waals surface area (Å²) >= 11 is 5.94. The number of aliphatic hydroxyl groups is 1. The number of halogens is 1. The van der Waals surface area contributed by atoms with Gasteiger partial charge in [0.1, 0.15) is 12.7 Å². The Kier molecular flexibility index (Phi) is 5.42. The topological polar surface area (TPSA) is 58.6 Å². The van der Waals surface area contributed by atoms with Gasteiger partial charge < -0.3 is 15.2 Å². The number of aliphatic hydroxyl groups excluding tert-OH is 1. The van der Waals surface area contributed by atoms with E-state index in [2.05, 4.69) is 17.2 Å². The molecule has 1 saturated heterocycles. The first-order valence-electron chi connectivity index (χ1n) is 6.52. The Hall–Kier alpha value is -1.54. The van der Waals surface area contributed by atoms with Gasteiger partial charge in [-0.25, -0.2) is 0 Å². The normalized spacial score (nSPS) is 18.0. The molecule has 106 valence electrons. The lowest BCUT2D eigenvalue weighted by Crippen LogP contribution is -2.33. The van der Waals surface area contributed by atoms with Gasteiger partial charge in [-0.15, -0.1) is 0 Å². The van der Waals surface area contributed by atoms with Crippen LogP contribution in [0.5, 0.6) is 0 Å². The number of rotatable bonds is 2. The van der Waals surface area contributed by atoms with Gasteiger partial charge in [0, 0.05) is 17.2 Å². The van der Waals surface area contributed by atoms with E-state index in [1.807, 2.05) is 0 Å². The minimum Gasteiger partial charge on any atom is -0.384 e. The van der Waals surface area contributed by atoms with Gasteiger partial charge >= 0.3 is 0 Å². The average molecular weight is 294 g/mol. The third-order valence-electron chi connectivity index (χ3n) is 3.01. The first-order chi connectivity index (χ1) is 9.70. The highest BCUT2D eigenvalue weighted by Crippen LogP contribution is 2.22. The zero-order valence-corrected chi connectivity index (χ0v) is 11.7. The molecule has 1 heterocycles. The van der Waals surface area contributed by atoms with Crippen LogP contribution in [-0.2, 0) is 9.53 Å². The lowest BCUT2D eigenvalue weighted by atomic mass is 10.1. The molecule has 1 aliphatic heterocycles. The van der Waals surface area contributed by atoms with Gasteiger partial charge in [-0.05, 0) is 37.5 Å². The summed E-state index contributed by atoms with van der Waals surface area (Å²) in [5.74, 6) is 5.16. The molecule has 1 unspecified atom stereocenters. The Balaban J connectivity index is 2.14. The SMILES string of the molecule is O=C(Nc1cc(Cl)ccc1C#CCO)C1CCCCO1. The third-order valence-corrected chi connectivity index (χ3v) is 3.25. The number of nitrogens with one attached hydrogen (secondary N) is 1. The highest BCUT2D eigenvalue weighted by molar-refractivity contribution is 6.31. The molecule has 1 fully saturated rings. The second-order valence-electron chi connectivity index (χ2n) is 4.49. The van der Waals surface area contributed by atoms with E-state index >= 15 is 0 Å². The second-order valence-corrected chi connectivity index (χ2v) is 4.93. The number of carbonyl (C=O) groups is 1. The molecule has 0 aromatic heterocycles. The molecule has 1 aromatic rings. The summed E-state index contributed by atoms with van der Waals surface area (Å²) in [4.78, 5) is 12.1. The molecule has 1 atom stereocenters. The largest absolute Gasteiger partial charge is 0.384 e. The van der Waals surface area contributed by atoms with Crippen molar-refractivity contribution in [3.63, 3.8) is 0 Å². The molecule has 2 rings (SSSR count). The Bertz CT molecular complexity index is 542. The Morgan fingerprint density at radius 2 is 2.35 bits per heavy atom. The first kappa shape index (κ1) is 14.9. The minimum absolute atomic E-state index is 0.181. The fraction of sp³-hybridized carbons (Fsp3) is 0.400. The van der Waals surface area contributed by atoms with Crippen molar-refractivity contribution >= 4 is 23.2 Å². The highest BCUT2D eigenvalue weighted by atomic mass is 35.5. The van der Waals surface area contributed by atoms with Gasteiger partial charge in [-0.3, -0.25) is 4.79 Å². The smallest absolute Gasteiger partial charge is 0.253 e. The standard InChI is InChI=1S/C15H16ClNO3/c16-12-7-6-11(4-3-8-18)13(10-12)17-15(19)14-5-1-2-9-20-14/h6-7,10,14,18H,1-2,5,8-9H2,(H,17,19). The molecular weight excluding hydrogens is 278 g/mol. The van der Waals surface area contributed by atoms with Crippen LogP contribution in [0.25, 0.3) is 0 Å². The lowest BCUT2D eigenvalue weighted by Gasteiger charge is -2.22. The van der Waals surface area contributed by atoms with E-state index in [4.69, 9.17) is 21.4 Å². The van der Waals surface area contributed by atoms with Gasteiger partial charge in [-0.1, -0.05) is 23.4 Å². The number of ether oxygens (including phenoxy) is 1. The zero-order valence-electron chi connectivity index (χ0n) is 11.0. The first-order valence-corrected chi connectivity index (χ1v) is 6.90. The quantitative estimate of drug-likeness (QED) is 0.822. The maximum Gasteiger partial charge on any atom is 0.253 e. The minimum atomic E-state index is -0.415. The zero-order chi connectivity index (χ0) is 14.4. The molecule has 0 aliphatic carbocycles. The summed E-state index contributed by atoms with van der Waals surface area (Å²) in [6.07, 6.45) is 2.30. The number of benzene rings is 1. The van der Waals surface area contributed by atoms with Gasteiger partial charge in [0.05, 0.1) is 5.69 Å². The maximum atomic E-state index is 12.1. The molecule has 0 bridgehead atoms. The van der Waals surface area contributed by atoms with Crippen molar-refractivity contribution < 1.29 is 14.6 Å². The van der Waals surface area contributed by atoms with Gasteiger partial charge in [-0.2, -0.15) is 0 Å². The lowest BCUT2D eigenvalue weighted by molar-refractivity contribution is -0.129. The number of carbonyl (C=O) groups excluding carboxylic acids is 1. The van der Waals surface area contributed by atoms with Crippen molar-refractivity contribution in [2.45, 2.75) is 25.4 Å². The van der Waals surface area contributed by atoms with E-state index in [0.29, 0.717) is 22.9 Å². The van der Waals surface area contributed by atoms with Crippen LogP contribution in [0.1, 0.15) is 24.8 Å². The van der Waals surface area contributed by atoms with Crippen molar-refractivity contribution in [3.8, 4) is 11.8 Å². The summed E-state index contributed by atoms with van der Waals surface area (Å²) in [6.45, 7) is 0.382. The molecule has 4 nitrogen and oxygen atoms in total. The Morgan fingerprint density at radius 3 is 3.05 bits per heavy atom. The maximum absolute atomic E-state index is 12.1. The summed E-state index contributed by atoms with van der Waals surface area (Å²) < 4.78 is 5.44. The molecular formula is C15H16ClNO3. The molecule has 1 amide bonds. The van der Waals surface area contributed by atoms with E-state index in [9.17, 15) is 4.79 Å². The van der Waals surface area contributed by atoms with Gasteiger partial charge in [0.15, 0.2) is 0 Å². The number of amides is 1. The molecule has 5 heteroatoms. The summed E-state index contributed by atoms with van der Waals surface area (Å²) in [5, 5.41) is 12.1. The molecule has 1 aromatic carbocycles. The second kappa shape index (κ2) is 7.30. The molecule has 2 N–H and O–H groups in total. The predicted octanol–water partition coefficient (Wildman–Crippen LogP) is 2.19. The highest BCUT2D eigenvalue weighted by Gasteiger charge is 2.22. The summed E-state index contributed by atoms with van der Waals surface area (Å²) in [6, 6.07) is 5.04. The van der Waals surface area contributed by atoms with E-state index < -0.39 is 6.10 Å². The van der Waals surface area contributed by atoms with Gasteiger partial charge in [0.2, 0.25) is 0 Å². The molecule has 0 saturated carbocycles. The molecule has 1 aliphatic rings. The van der Waals surface area contributed by atoms with Crippen LogP contribution in [0, 0.1) is 11.8 Å². The predicted molar refractivity (Wildman–Crippen MR) is 77.6 cm³/mol. The molecule has 20 heavy (non-hydrogen) atoms. The van der Waals surface area contributed by atoms with E-state index in [1.165, 1.54) is 0 Å². The van der Waals surface area contributed by atoms with Crippen molar-refractivity contribution in [1.82, 2.24) is 0 Å². The van der Waals surface area contributed by atoms with Crippen LogP contribution in [0.4, 0.5) is 5.69 Å². The van der Waals surface area contributed by atoms with Crippen LogP contribution < -0.4 is 5.32 Å². The van der Waals surface area contributed by atoms with E-state index in [0.717, 1.165) is 19.3 Å². The van der Waals surface area contributed by atoms with Crippen molar-refractivity contribution in [2.75, 3.05) is 18.5 Å². The molecule has 0 radical (unpaired) electrons. The number of hydrogen-bond donors (Lipinski definition) is 2.